The first-order valence-electron chi connectivity index (χ1n) is 3.03. The van der Waals surface area contributed by atoms with Gasteiger partial charge in [0.15, 0.2) is 0 Å². The Kier molecular flexibility index (Phi) is 1.51. The molecule has 0 bridgehead atoms. The molecule has 1 heterocycles. The van der Waals surface area contributed by atoms with Gasteiger partial charge in [-0.3, -0.25) is 4.79 Å². The molecule has 3 nitrogen and oxygen atoms in total. The van der Waals surface area contributed by atoms with Gasteiger partial charge in [0.1, 0.15) is 0 Å². The fourth-order valence-electron chi connectivity index (χ4n) is 0.842. The summed E-state index contributed by atoms with van der Waals surface area (Å²) < 4.78 is 0. The van der Waals surface area contributed by atoms with E-state index in [1.807, 2.05) is 13.8 Å². The number of amides is 1. The number of carbonyl (C=O) groups excluding carboxylic acids is 1. The molecule has 0 aromatic carbocycles. The van der Waals surface area contributed by atoms with E-state index in [0.29, 0.717) is 0 Å². The third-order valence-corrected chi connectivity index (χ3v) is 1.41. The first kappa shape index (κ1) is 6.26. The van der Waals surface area contributed by atoms with Crippen molar-refractivity contribution in [1.29, 1.82) is 0 Å². The predicted octanol–water partition coefficient (Wildman–Crippen LogP) is 0.518. The van der Waals surface area contributed by atoms with Gasteiger partial charge in [-0.05, 0) is 13.3 Å². The van der Waals surface area contributed by atoms with Gasteiger partial charge < -0.3 is 0 Å². The molecule has 1 aliphatic heterocycles. The topological polar surface area (TPSA) is 41.5 Å². The Morgan fingerprint density at radius 3 is 2.89 bits per heavy atom. The van der Waals surface area contributed by atoms with Crippen LogP contribution in [0, 0.1) is 5.92 Å². The highest BCUT2D eigenvalue weighted by atomic mass is 16.2. The van der Waals surface area contributed by atoms with Gasteiger partial charge in [0.05, 0.1) is 0 Å². The molecule has 3 heteroatoms. The van der Waals surface area contributed by atoms with E-state index < -0.39 is 0 Å². The van der Waals surface area contributed by atoms with Gasteiger partial charge >= 0.3 is 0 Å². The molecule has 1 aliphatic rings. The number of hydrogen-bond donors (Lipinski definition) is 1. The van der Waals surface area contributed by atoms with Crippen LogP contribution in [-0.4, -0.2) is 11.6 Å². The zero-order valence-electron chi connectivity index (χ0n) is 5.64. The number of carbonyl (C=O) groups is 1. The lowest BCUT2D eigenvalue weighted by molar-refractivity contribution is -0.124. The summed E-state index contributed by atoms with van der Waals surface area (Å²) in [6.45, 7) is 3.81. The lowest BCUT2D eigenvalue weighted by Crippen LogP contribution is -2.31. The Bertz CT molecular complexity index is 162. The smallest absolute Gasteiger partial charge is 0.243 e. The first-order chi connectivity index (χ1) is 4.20. The highest BCUT2D eigenvalue weighted by molar-refractivity contribution is 5.92. The lowest BCUT2D eigenvalue weighted by atomic mass is 10.0. The minimum Gasteiger partial charge on any atom is -0.273 e. The summed E-state index contributed by atoms with van der Waals surface area (Å²) in [5.41, 5.74) is 3.43. The Balaban J connectivity index is 2.65. The quantitative estimate of drug-likeness (QED) is 0.505. The lowest BCUT2D eigenvalue weighted by Gasteiger charge is -2.14. The van der Waals surface area contributed by atoms with E-state index in [1.54, 1.807) is 0 Å². The predicted molar refractivity (Wildman–Crippen MR) is 35.0 cm³/mol. The van der Waals surface area contributed by atoms with E-state index in [-0.39, 0.29) is 11.8 Å². The van der Waals surface area contributed by atoms with Crippen LogP contribution in [0.4, 0.5) is 0 Å². The van der Waals surface area contributed by atoms with Crippen molar-refractivity contribution >= 4 is 11.6 Å². The van der Waals surface area contributed by atoms with Crippen LogP contribution >= 0.6 is 0 Å². The third-order valence-electron chi connectivity index (χ3n) is 1.41. The monoisotopic (exact) mass is 126 g/mol. The maximum absolute atomic E-state index is 10.7. The molecular weight excluding hydrogens is 116 g/mol. The molecule has 9 heavy (non-hydrogen) atoms. The molecule has 0 aliphatic carbocycles. The van der Waals surface area contributed by atoms with Gasteiger partial charge in [-0.1, -0.05) is 6.92 Å². The molecule has 1 atom stereocenters. The summed E-state index contributed by atoms with van der Waals surface area (Å²) in [7, 11) is 0. The standard InChI is InChI=1S/C6H10N2O/c1-4-3-5(2)7-8-6(4)9/h4H,3H2,1-2H3,(H,8,9). The van der Waals surface area contributed by atoms with Crippen molar-refractivity contribution in [2.45, 2.75) is 20.3 Å². The number of nitrogens with one attached hydrogen (secondary N) is 1. The van der Waals surface area contributed by atoms with Gasteiger partial charge in [0.25, 0.3) is 0 Å². The van der Waals surface area contributed by atoms with Gasteiger partial charge in [0.2, 0.25) is 5.91 Å². The molecule has 0 radical (unpaired) electrons. The number of hydrazone groups is 1. The van der Waals surface area contributed by atoms with E-state index in [4.69, 9.17) is 0 Å². The molecule has 1 rings (SSSR count). The SMILES string of the molecule is CC1=NNC(=O)C(C)C1. The third kappa shape index (κ3) is 1.28. The molecule has 1 amide bonds. The zero-order valence-corrected chi connectivity index (χ0v) is 5.64. The number of rotatable bonds is 0. The second kappa shape index (κ2) is 2.17. The van der Waals surface area contributed by atoms with Crippen LogP contribution in [0.5, 0.6) is 0 Å². The van der Waals surface area contributed by atoms with Crippen LogP contribution in [0.25, 0.3) is 0 Å². The molecule has 0 fully saturated rings. The average Bonchev–Trinajstić information content (AvgIpc) is 1.80. The number of nitrogens with zero attached hydrogens (tertiary/aromatic N) is 1. The van der Waals surface area contributed by atoms with E-state index in [1.165, 1.54) is 0 Å². The van der Waals surface area contributed by atoms with Crippen molar-refractivity contribution < 1.29 is 4.79 Å². The van der Waals surface area contributed by atoms with Crippen LogP contribution in [0.2, 0.25) is 0 Å². The van der Waals surface area contributed by atoms with Crippen molar-refractivity contribution in [3.8, 4) is 0 Å². The minimum atomic E-state index is 0.0283. The fraction of sp³-hybridized carbons (Fsp3) is 0.667. The van der Waals surface area contributed by atoms with Crippen LogP contribution in [-0.2, 0) is 4.79 Å². The molecule has 0 aromatic heterocycles. The second-order valence-electron chi connectivity index (χ2n) is 2.43. The molecule has 0 spiro atoms. The van der Waals surface area contributed by atoms with Gasteiger partial charge in [0, 0.05) is 11.6 Å². The van der Waals surface area contributed by atoms with Gasteiger partial charge in [-0.15, -0.1) is 0 Å². The maximum atomic E-state index is 10.7. The Morgan fingerprint density at radius 2 is 2.44 bits per heavy atom. The molecule has 50 valence electrons. The molecule has 0 saturated carbocycles. The van der Waals surface area contributed by atoms with Crippen LogP contribution in [0.1, 0.15) is 20.3 Å². The van der Waals surface area contributed by atoms with Gasteiger partial charge in [-0.2, -0.15) is 5.10 Å². The van der Waals surface area contributed by atoms with E-state index >= 15 is 0 Å². The maximum Gasteiger partial charge on any atom is 0.243 e. The first-order valence-corrected chi connectivity index (χ1v) is 3.03. The summed E-state index contributed by atoms with van der Waals surface area (Å²) in [5, 5.41) is 3.78. The van der Waals surface area contributed by atoms with Crippen molar-refractivity contribution in [1.82, 2.24) is 5.43 Å². The Morgan fingerprint density at radius 1 is 1.78 bits per heavy atom. The normalized spacial score (nSPS) is 27.1. The minimum absolute atomic E-state index is 0.0283. The Labute approximate surface area is 54.1 Å². The molecular formula is C6H10N2O. The average molecular weight is 126 g/mol. The van der Waals surface area contributed by atoms with Crippen LogP contribution < -0.4 is 5.43 Å². The van der Waals surface area contributed by atoms with E-state index in [9.17, 15) is 4.79 Å². The van der Waals surface area contributed by atoms with E-state index in [0.717, 1.165) is 12.1 Å². The van der Waals surface area contributed by atoms with Gasteiger partial charge in [-0.25, -0.2) is 5.43 Å². The van der Waals surface area contributed by atoms with Crippen LogP contribution in [0.3, 0.4) is 0 Å². The summed E-state index contributed by atoms with van der Waals surface area (Å²) in [6.07, 6.45) is 0.797. The molecule has 0 saturated heterocycles. The van der Waals surface area contributed by atoms with Crippen LogP contribution in [0.15, 0.2) is 5.10 Å². The molecule has 0 aromatic rings. The van der Waals surface area contributed by atoms with Crippen molar-refractivity contribution in [2.24, 2.45) is 11.0 Å². The second-order valence-corrected chi connectivity index (χ2v) is 2.43. The van der Waals surface area contributed by atoms with E-state index in [2.05, 4.69) is 10.5 Å². The molecule has 1 N–H and O–H groups in total. The molecule has 1 unspecified atom stereocenters. The highest BCUT2D eigenvalue weighted by Crippen LogP contribution is 2.06. The summed E-state index contributed by atoms with van der Waals surface area (Å²) in [4.78, 5) is 10.7. The largest absolute Gasteiger partial charge is 0.273 e. The zero-order chi connectivity index (χ0) is 6.85. The van der Waals surface area contributed by atoms with Crippen molar-refractivity contribution in [3.63, 3.8) is 0 Å². The Hall–Kier alpha value is -0.860. The van der Waals surface area contributed by atoms with Crippen molar-refractivity contribution in [3.05, 3.63) is 0 Å². The summed E-state index contributed by atoms with van der Waals surface area (Å²) in [5.74, 6) is 0.128. The fourth-order valence-corrected chi connectivity index (χ4v) is 0.842. The summed E-state index contributed by atoms with van der Waals surface area (Å²) >= 11 is 0. The highest BCUT2D eigenvalue weighted by Gasteiger charge is 2.16. The van der Waals surface area contributed by atoms with Crippen molar-refractivity contribution in [2.75, 3.05) is 0 Å². The number of hydrogen-bond acceptors (Lipinski definition) is 2. The summed E-state index contributed by atoms with van der Waals surface area (Å²) in [6, 6.07) is 0.